The lowest BCUT2D eigenvalue weighted by Gasteiger charge is -2.23. The van der Waals surface area contributed by atoms with Gasteiger partial charge in [0.2, 0.25) is 5.91 Å². The average molecular weight is 460 g/mol. The number of anilines is 1. The van der Waals surface area contributed by atoms with Crippen LogP contribution >= 0.6 is 23.1 Å². The fourth-order valence-corrected chi connectivity index (χ4v) is 6.58. The third-order valence-corrected chi connectivity index (χ3v) is 8.08. The summed E-state index contributed by atoms with van der Waals surface area (Å²) in [6.45, 7) is 2.87. The molecule has 2 aromatic carbocycles. The number of carbonyl (C=O) groups excluding carboxylic acids is 1. The Hall–Kier alpha value is -2.70. The van der Waals surface area contributed by atoms with Crippen LogP contribution in [0.5, 0.6) is 0 Å². The molecular formula is C26H25N3OS2. The topological polar surface area (TPSA) is 46.1 Å². The van der Waals surface area contributed by atoms with Crippen LogP contribution in [0.25, 0.3) is 10.2 Å². The van der Waals surface area contributed by atoms with Crippen molar-refractivity contribution in [2.75, 3.05) is 10.7 Å². The minimum atomic E-state index is 0.0783. The highest BCUT2D eigenvalue weighted by atomic mass is 32.2. The number of aromatic nitrogens is 2. The molecule has 0 saturated carbocycles. The van der Waals surface area contributed by atoms with E-state index in [4.69, 9.17) is 0 Å². The Morgan fingerprint density at radius 3 is 2.62 bits per heavy atom. The Balaban J connectivity index is 1.39. The molecule has 6 heteroatoms. The minimum Gasteiger partial charge on any atom is -0.307 e. The minimum absolute atomic E-state index is 0.0783. The first-order valence-electron chi connectivity index (χ1n) is 11.0. The summed E-state index contributed by atoms with van der Waals surface area (Å²) in [7, 11) is 0. The Labute approximate surface area is 196 Å². The monoisotopic (exact) mass is 459 g/mol. The predicted octanol–water partition coefficient (Wildman–Crippen LogP) is 6.14. The van der Waals surface area contributed by atoms with Gasteiger partial charge < -0.3 is 4.90 Å². The second-order valence-electron chi connectivity index (χ2n) is 8.30. The van der Waals surface area contributed by atoms with Gasteiger partial charge in [-0.2, -0.15) is 0 Å². The third-order valence-electron chi connectivity index (χ3n) is 5.94. The highest BCUT2D eigenvalue weighted by molar-refractivity contribution is 8.00. The van der Waals surface area contributed by atoms with Crippen molar-refractivity contribution >= 4 is 44.9 Å². The highest BCUT2D eigenvalue weighted by Gasteiger charge is 2.24. The maximum atomic E-state index is 13.4. The van der Waals surface area contributed by atoms with Gasteiger partial charge >= 0.3 is 0 Å². The molecule has 1 amide bonds. The first kappa shape index (κ1) is 21.2. The van der Waals surface area contributed by atoms with E-state index in [1.165, 1.54) is 34.0 Å². The van der Waals surface area contributed by atoms with E-state index in [1.807, 2.05) is 53.4 Å². The predicted molar refractivity (Wildman–Crippen MR) is 133 cm³/mol. The van der Waals surface area contributed by atoms with Gasteiger partial charge in [-0.15, -0.1) is 11.3 Å². The first-order chi connectivity index (χ1) is 15.7. The molecule has 0 N–H and O–H groups in total. The molecule has 162 valence electrons. The number of fused-ring (bicyclic) bond motifs is 3. The van der Waals surface area contributed by atoms with Crippen molar-refractivity contribution in [2.24, 2.45) is 5.92 Å². The summed E-state index contributed by atoms with van der Waals surface area (Å²) in [6, 6.07) is 20.0. The van der Waals surface area contributed by atoms with Gasteiger partial charge in [0.1, 0.15) is 16.2 Å². The zero-order valence-electron chi connectivity index (χ0n) is 18.0. The normalized spacial score (nSPS) is 15.5. The molecule has 1 atom stereocenters. The van der Waals surface area contributed by atoms with E-state index >= 15 is 0 Å². The number of benzene rings is 2. The summed E-state index contributed by atoms with van der Waals surface area (Å²) < 4.78 is 0. The molecule has 1 aliphatic carbocycles. The van der Waals surface area contributed by atoms with Crippen molar-refractivity contribution in [1.29, 1.82) is 0 Å². The quantitative estimate of drug-likeness (QED) is 0.257. The number of amides is 1. The first-order valence-corrected chi connectivity index (χ1v) is 12.8. The Morgan fingerprint density at radius 2 is 1.84 bits per heavy atom. The molecule has 5 rings (SSSR count). The summed E-state index contributed by atoms with van der Waals surface area (Å²) in [5.74, 6) is 1.14. The molecule has 0 fully saturated rings. The van der Waals surface area contributed by atoms with Gasteiger partial charge in [0.05, 0.1) is 12.3 Å². The average Bonchev–Trinajstić information content (AvgIpc) is 3.20. The van der Waals surface area contributed by atoms with E-state index in [1.54, 1.807) is 17.7 Å². The molecule has 4 aromatic rings. The number of thiophene rings is 1. The van der Waals surface area contributed by atoms with Crippen molar-refractivity contribution in [3.63, 3.8) is 0 Å². The molecule has 0 unspecified atom stereocenters. The lowest BCUT2D eigenvalue weighted by Crippen LogP contribution is -2.31. The molecule has 32 heavy (non-hydrogen) atoms. The fraction of sp³-hybridized carbons (Fsp3) is 0.269. The zero-order valence-corrected chi connectivity index (χ0v) is 19.7. The second-order valence-corrected chi connectivity index (χ2v) is 10.3. The molecule has 0 aliphatic heterocycles. The lowest BCUT2D eigenvalue weighted by atomic mass is 9.89. The van der Waals surface area contributed by atoms with Crippen LogP contribution in [0.1, 0.15) is 29.3 Å². The Morgan fingerprint density at radius 1 is 1.09 bits per heavy atom. The van der Waals surface area contributed by atoms with E-state index in [0.717, 1.165) is 39.9 Å². The lowest BCUT2D eigenvalue weighted by molar-refractivity contribution is -0.116. The van der Waals surface area contributed by atoms with Gasteiger partial charge in [-0.3, -0.25) is 4.79 Å². The number of carbonyl (C=O) groups is 1. The number of para-hydroxylation sites is 1. The number of nitrogens with zero attached hydrogens (tertiary/aromatic N) is 3. The standard InChI is InChI=1S/C26H25N3OS2/c1-18-12-13-21-22(14-18)32-26-24(21)25(27-17-28-26)31-16-23(30)29(20-10-6-3-7-11-20)15-19-8-4-2-5-9-19/h2-11,17-18H,12-16H2,1H3/t18-/m1/s1. The molecule has 2 heterocycles. The maximum Gasteiger partial charge on any atom is 0.237 e. The van der Waals surface area contributed by atoms with Gasteiger partial charge in [-0.1, -0.05) is 67.2 Å². The van der Waals surface area contributed by atoms with Crippen LogP contribution in [0, 0.1) is 5.92 Å². The van der Waals surface area contributed by atoms with E-state index in [0.29, 0.717) is 12.3 Å². The summed E-state index contributed by atoms with van der Waals surface area (Å²) in [5, 5.41) is 2.11. The van der Waals surface area contributed by atoms with Gasteiger partial charge in [0.25, 0.3) is 0 Å². The van der Waals surface area contributed by atoms with Gasteiger partial charge in [0.15, 0.2) is 0 Å². The largest absolute Gasteiger partial charge is 0.307 e. The van der Waals surface area contributed by atoms with Crippen LogP contribution in [0.3, 0.4) is 0 Å². The van der Waals surface area contributed by atoms with E-state index < -0.39 is 0 Å². The molecular weight excluding hydrogens is 434 g/mol. The maximum absolute atomic E-state index is 13.4. The summed E-state index contributed by atoms with van der Waals surface area (Å²) >= 11 is 3.33. The second kappa shape index (κ2) is 9.43. The number of aryl methyl sites for hydroxylation is 1. The van der Waals surface area contributed by atoms with Crippen LogP contribution < -0.4 is 4.90 Å². The number of thioether (sulfide) groups is 1. The molecule has 2 aromatic heterocycles. The molecule has 0 spiro atoms. The van der Waals surface area contributed by atoms with E-state index in [9.17, 15) is 4.79 Å². The molecule has 0 saturated heterocycles. The van der Waals surface area contributed by atoms with Gasteiger partial charge in [-0.05, 0) is 48.4 Å². The van der Waals surface area contributed by atoms with Gasteiger partial charge in [0, 0.05) is 16.0 Å². The molecule has 1 aliphatic rings. The number of hydrogen-bond donors (Lipinski definition) is 0. The SMILES string of the molecule is C[C@@H]1CCc2c(sc3ncnc(SCC(=O)N(Cc4ccccc4)c4ccccc4)c23)C1. The van der Waals surface area contributed by atoms with Crippen molar-refractivity contribution < 1.29 is 4.79 Å². The summed E-state index contributed by atoms with van der Waals surface area (Å²) in [6.07, 6.45) is 5.04. The Kier molecular flexibility index (Phi) is 6.23. The summed E-state index contributed by atoms with van der Waals surface area (Å²) in [4.78, 5) is 26.9. The van der Waals surface area contributed by atoms with Crippen molar-refractivity contribution in [2.45, 2.75) is 37.8 Å². The summed E-state index contributed by atoms with van der Waals surface area (Å²) in [5.41, 5.74) is 3.43. The van der Waals surface area contributed by atoms with Crippen LogP contribution in [-0.2, 0) is 24.2 Å². The van der Waals surface area contributed by atoms with Crippen molar-refractivity contribution in [3.05, 3.63) is 83.0 Å². The Bertz CT molecular complexity index is 1220. The number of hydrogen-bond acceptors (Lipinski definition) is 5. The van der Waals surface area contributed by atoms with Crippen molar-refractivity contribution in [1.82, 2.24) is 9.97 Å². The van der Waals surface area contributed by atoms with Crippen molar-refractivity contribution in [3.8, 4) is 0 Å². The van der Waals surface area contributed by atoms with E-state index in [2.05, 4.69) is 29.0 Å². The third kappa shape index (κ3) is 4.43. The zero-order chi connectivity index (χ0) is 21.9. The van der Waals surface area contributed by atoms with Crippen LogP contribution in [-0.4, -0.2) is 21.6 Å². The molecule has 0 bridgehead atoms. The van der Waals surface area contributed by atoms with Crippen LogP contribution in [0.4, 0.5) is 5.69 Å². The smallest absolute Gasteiger partial charge is 0.237 e. The van der Waals surface area contributed by atoms with Gasteiger partial charge in [-0.25, -0.2) is 9.97 Å². The number of rotatable bonds is 6. The molecule has 0 radical (unpaired) electrons. The van der Waals surface area contributed by atoms with Crippen LogP contribution in [0.2, 0.25) is 0 Å². The van der Waals surface area contributed by atoms with Crippen LogP contribution in [0.15, 0.2) is 72.0 Å². The highest BCUT2D eigenvalue weighted by Crippen LogP contribution is 2.40. The molecule has 4 nitrogen and oxygen atoms in total. The fourth-order valence-electron chi connectivity index (χ4n) is 4.26. The van der Waals surface area contributed by atoms with E-state index in [-0.39, 0.29) is 5.91 Å².